The Morgan fingerprint density at radius 3 is 2.43 bits per heavy atom. The lowest BCUT2D eigenvalue weighted by Crippen LogP contribution is -2.30. The first-order valence-corrected chi connectivity index (χ1v) is 4.85. The molecule has 2 heteroatoms. The maximum atomic E-state index is 11.8. The summed E-state index contributed by atoms with van der Waals surface area (Å²) in [6.45, 7) is 5.94. The van der Waals surface area contributed by atoms with Crippen molar-refractivity contribution >= 4 is 5.78 Å². The summed E-state index contributed by atoms with van der Waals surface area (Å²) in [5.41, 5.74) is 3.17. The molecule has 0 heterocycles. The van der Waals surface area contributed by atoms with Crippen LogP contribution in [0.3, 0.4) is 0 Å². The molecule has 14 heavy (non-hydrogen) atoms. The van der Waals surface area contributed by atoms with Crippen molar-refractivity contribution in [3.05, 3.63) is 34.9 Å². The lowest BCUT2D eigenvalue weighted by molar-refractivity contribution is 0.0955. The third-order valence-corrected chi connectivity index (χ3v) is 2.62. The summed E-state index contributed by atoms with van der Waals surface area (Å²) in [6.07, 6.45) is 0. The smallest absolute Gasteiger partial charge is 0.179 e. The van der Waals surface area contributed by atoms with Gasteiger partial charge in [0.2, 0.25) is 0 Å². The van der Waals surface area contributed by atoms with Crippen LogP contribution in [0.25, 0.3) is 0 Å². The highest BCUT2D eigenvalue weighted by Crippen LogP contribution is 2.11. The minimum atomic E-state index is -0.114. The Bertz CT molecular complexity index is 344. The van der Waals surface area contributed by atoms with Crippen molar-refractivity contribution in [2.45, 2.75) is 26.8 Å². The third kappa shape index (κ3) is 2.20. The van der Waals surface area contributed by atoms with Gasteiger partial charge in [0.15, 0.2) is 5.78 Å². The van der Waals surface area contributed by atoms with Crippen LogP contribution in [-0.2, 0) is 0 Å². The molecule has 1 aromatic carbocycles. The van der Waals surface area contributed by atoms with Crippen molar-refractivity contribution in [1.82, 2.24) is 5.32 Å². The van der Waals surface area contributed by atoms with Gasteiger partial charge in [0, 0.05) is 5.56 Å². The average Bonchev–Trinajstić information content (AvgIpc) is 2.20. The zero-order valence-electron chi connectivity index (χ0n) is 9.22. The molecule has 0 amide bonds. The summed E-state index contributed by atoms with van der Waals surface area (Å²) in [4.78, 5) is 11.8. The molecule has 2 nitrogen and oxygen atoms in total. The number of carbonyl (C=O) groups is 1. The Kier molecular flexibility index (Phi) is 3.42. The summed E-state index contributed by atoms with van der Waals surface area (Å²) in [7, 11) is 1.80. The van der Waals surface area contributed by atoms with E-state index < -0.39 is 0 Å². The van der Waals surface area contributed by atoms with Crippen LogP contribution in [0.4, 0.5) is 0 Å². The van der Waals surface area contributed by atoms with Gasteiger partial charge in [0.25, 0.3) is 0 Å². The van der Waals surface area contributed by atoms with E-state index in [0.717, 1.165) is 5.56 Å². The van der Waals surface area contributed by atoms with Crippen LogP contribution in [0.15, 0.2) is 18.2 Å². The standard InChI is InChI=1S/C12H17NO/c1-8-5-6-11(7-9(8)2)12(14)10(3)13-4/h5-7,10,13H,1-4H3. The van der Waals surface area contributed by atoms with E-state index in [9.17, 15) is 4.79 Å². The van der Waals surface area contributed by atoms with Gasteiger partial charge in [0.1, 0.15) is 0 Å². The van der Waals surface area contributed by atoms with Crippen molar-refractivity contribution in [1.29, 1.82) is 0 Å². The molecule has 0 aromatic heterocycles. The molecule has 1 N–H and O–H groups in total. The highest BCUT2D eigenvalue weighted by molar-refractivity contribution is 6.00. The van der Waals surface area contributed by atoms with Crippen molar-refractivity contribution in [2.75, 3.05) is 7.05 Å². The van der Waals surface area contributed by atoms with E-state index in [1.807, 2.05) is 39.0 Å². The second-order valence-electron chi connectivity index (χ2n) is 3.67. The van der Waals surface area contributed by atoms with E-state index in [1.54, 1.807) is 7.05 Å². The minimum Gasteiger partial charge on any atom is -0.310 e. The van der Waals surface area contributed by atoms with Gasteiger partial charge in [-0.25, -0.2) is 0 Å². The molecule has 0 aliphatic rings. The summed E-state index contributed by atoms with van der Waals surface area (Å²) in [6, 6.07) is 5.71. The number of hydrogen-bond acceptors (Lipinski definition) is 2. The highest BCUT2D eigenvalue weighted by atomic mass is 16.1. The predicted molar refractivity (Wildman–Crippen MR) is 58.8 cm³/mol. The van der Waals surface area contributed by atoms with Crippen molar-refractivity contribution < 1.29 is 4.79 Å². The maximum absolute atomic E-state index is 11.8. The van der Waals surface area contributed by atoms with Gasteiger partial charge in [-0.3, -0.25) is 4.79 Å². The fourth-order valence-electron chi connectivity index (χ4n) is 1.28. The lowest BCUT2D eigenvalue weighted by atomic mass is 10.0. The number of carbonyl (C=O) groups excluding carboxylic acids is 1. The van der Waals surface area contributed by atoms with E-state index in [4.69, 9.17) is 0 Å². The number of nitrogens with one attached hydrogen (secondary N) is 1. The third-order valence-electron chi connectivity index (χ3n) is 2.62. The summed E-state index contributed by atoms with van der Waals surface area (Å²) in [5.74, 6) is 0.149. The monoisotopic (exact) mass is 191 g/mol. The van der Waals surface area contributed by atoms with Gasteiger partial charge in [0.05, 0.1) is 6.04 Å². The molecule has 0 saturated heterocycles. The fourth-order valence-corrected chi connectivity index (χ4v) is 1.28. The minimum absolute atomic E-state index is 0.114. The van der Waals surface area contributed by atoms with E-state index in [-0.39, 0.29) is 11.8 Å². The van der Waals surface area contributed by atoms with Gasteiger partial charge >= 0.3 is 0 Å². The number of likely N-dealkylation sites (N-methyl/N-ethyl adjacent to an activating group) is 1. The van der Waals surface area contributed by atoms with Gasteiger partial charge in [-0.15, -0.1) is 0 Å². The number of hydrogen-bond donors (Lipinski definition) is 1. The largest absolute Gasteiger partial charge is 0.310 e. The van der Waals surface area contributed by atoms with Crippen molar-refractivity contribution in [3.63, 3.8) is 0 Å². The van der Waals surface area contributed by atoms with Crippen LogP contribution in [0.2, 0.25) is 0 Å². The van der Waals surface area contributed by atoms with Gasteiger partial charge in [-0.2, -0.15) is 0 Å². The topological polar surface area (TPSA) is 29.1 Å². The Balaban J connectivity index is 2.97. The number of Topliss-reactive ketones (excluding diaryl/α,β-unsaturated/α-hetero) is 1. The Labute approximate surface area is 85.3 Å². The van der Waals surface area contributed by atoms with Crippen LogP contribution in [-0.4, -0.2) is 18.9 Å². The Morgan fingerprint density at radius 1 is 1.29 bits per heavy atom. The molecular formula is C12H17NO. The predicted octanol–water partition coefficient (Wildman–Crippen LogP) is 2.09. The molecule has 1 rings (SSSR count). The molecule has 1 unspecified atom stereocenters. The highest BCUT2D eigenvalue weighted by Gasteiger charge is 2.12. The van der Waals surface area contributed by atoms with Crippen molar-refractivity contribution in [3.8, 4) is 0 Å². The second kappa shape index (κ2) is 4.38. The molecule has 0 bridgehead atoms. The van der Waals surface area contributed by atoms with Crippen LogP contribution in [0.5, 0.6) is 0 Å². The molecule has 0 fully saturated rings. The zero-order chi connectivity index (χ0) is 10.7. The Morgan fingerprint density at radius 2 is 1.93 bits per heavy atom. The van der Waals surface area contributed by atoms with Crippen LogP contribution < -0.4 is 5.32 Å². The fraction of sp³-hybridized carbons (Fsp3) is 0.417. The molecule has 0 radical (unpaired) electrons. The Hall–Kier alpha value is -1.15. The SMILES string of the molecule is CNC(C)C(=O)c1ccc(C)c(C)c1. The molecular weight excluding hydrogens is 174 g/mol. The van der Waals surface area contributed by atoms with Gasteiger partial charge < -0.3 is 5.32 Å². The maximum Gasteiger partial charge on any atom is 0.179 e. The van der Waals surface area contributed by atoms with E-state index in [0.29, 0.717) is 0 Å². The molecule has 0 spiro atoms. The number of benzene rings is 1. The van der Waals surface area contributed by atoms with Crippen LogP contribution >= 0.6 is 0 Å². The van der Waals surface area contributed by atoms with E-state index in [2.05, 4.69) is 5.32 Å². The van der Waals surface area contributed by atoms with Crippen LogP contribution in [0.1, 0.15) is 28.4 Å². The van der Waals surface area contributed by atoms with Crippen LogP contribution in [0, 0.1) is 13.8 Å². The zero-order valence-corrected chi connectivity index (χ0v) is 9.22. The molecule has 76 valence electrons. The molecule has 1 aromatic rings. The molecule has 0 aliphatic carbocycles. The van der Waals surface area contributed by atoms with Crippen molar-refractivity contribution in [2.24, 2.45) is 0 Å². The first kappa shape index (κ1) is 10.9. The first-order valence-electron chi connectivity index (χ1n) is 4.85. The number of ketones is 1. The first-order chi connectivity index (χ1) is 6.56. The normalized spacial score (nSPS) is 12.6. The van der Waals surface area contributed by atoms with E-state index >= 15 is 0 Å². The second-order valence-corrected chi connectivity index (χ2v) is 3.67. The van der Waals surface area contributed by atoms with Gasteiger partial charge in [-0.05, 0) is 45.0 Å². The summed E-state index contributed by atoms with van der Waals surface area (Å²) >= 11 is 0. The molecule has 0 saturated carbocycles. The summed E-state index contributed by atoms with van der Waals surface area (Å²) in [5, 5.41) is 2.95. The number of rotatable bonds is 3. The average molecular weight is 191 g/mol. The molecule has 0 aliphatic heterocycles. The summed E-state index contributed by atoms with van der Waals surface area (Å²) < 4.78 is 0. The van der Waals surface area contributed by atoms with Gasteiger partial charge in [-0.1, -0.05) is 12.1 Å². The number of aryl methyl sites for hydroxylation is 2. The van der Waals surface area contributed by atoms with E-state index in [1.165, 1.54) is 11.1 Å². The molecule has 1 atom stereocenters. The quantitative estimate of drug-likeness (QED) is 0.741. The lowest BCUT2D eigenvalue weighted by Gasteiger charge is -2.10.